The maximum atomic E-state index is 11.3. The summed E-state index contributed by atoms with van der Waals surface area (Å²) in [5, 5.41) is 20.5. The number of carbonyl (C=O) groups is 1. The van der Waals surface area contributed by atoms with Crippen LogP contribution in [0, 0.1) is 17.0 Å². The highest BCUT2D eigenvalue weighted by atomic mass is 16.6. The summed E-state index contributed by atoms with van der Waals surface area (Å²) in [7, 11) is 1.42. The van der Waals surface area contributed by atoms with Crippen LogP contribution in [0.1, 0.15) is 11.3 Å². The van der Waals surface area contributed by atoms with Crippen LogP contribution in [0.4, 0.5) is 5.69 Å². The Hall–Kier alpha value is -2.61. The number of non-ortho nitro benzene ring substituents is 1. The number of ether oxygens (including phenoxy) is 1. The first-order valence-corrected chi connectivity index (χ1v) is 6.17. The van der Waals surface area contributed by atoms with Crippen molar-refractivity contribution in [1.29, 1.82) is 0 Å². The Morgan fingerprint density at radius 2 is 2.24 bits per heavy atom. The molecule has 0 fully saturated rings. The number of aryl methyl sites for hydroxylation is 1. The van der Waals surface area contributed by atoms with Gasteiger partial charge < -0.3 is 20.6 Å². The lowest BCUT2D eigenvalue weighted by Gasteiger charge is -2.07. The van der Waals surface area contributed by atoms with Crippen LogP contribution in [0.2, 0.25) is 0 Å². The first-order chi connectivity index (χ1) is 9.85. The zero-order valence-corrected chi connectivity index (χ0v) is 11.5. The summed E-state index contributed by atoms with van der Waals surface area (Å²) in [6, 6.07) is 1.82. The summed E-state index contributed by atoms with van der Waals surface area (Å²) in [5.41, 5.74) is 7.11. The number of carboxylic acids is 1. The number of hydrogen-bond acceptors (Lipinski definition) is 5. The molecule has 0 saturated heterocycles. The van der Waals surface area contributed by atoms with E-state index in [9.17, 15) is 14.9 Å². The number of nitrogens with one attached hydrogen (secondary N) is 1. The van der Waals surface area contributed by atoms with E-state index in [0.29, 0.717) is 27.9 Å². The minimum Gasteiger partial charge on any atom is -0.496 e. The van der Waals surface area contributed by atoms with Gasteiger partial charge in [0, 0.05) is 18.2 Å². The number of carboxylic acid groups (broad SMARTS) is 1. The number of methoxy groups -OCH3 is 1. The van der Waals surface area contributed by atoms with Crippen molar-refractivity contribution in [3.63, 3.8) is 0 Å². The molecule has 21 heavy (non-hydrogen) atoms. The summed E-state index contributed by atoms with van der Waals surface area (Å²) in [6.07, 6.45) is 0.00827. The quantitative estimate of drug-likeness (QED) is 0.563. The van der Waals surface area contributed by atoms with Gasteiger partial charge in [-0.1, -0.05) is 0 Å². The number of hydrogen-bond donors (Lipinski definition) is 3. The average molecular weight is 293 g/mol. The number of aromatic nitrogens is 1. The van der Waals surface area contributed by atoms with Crippen LogP contribution >= 0.6 is 0 Å². The molecule has 112 valence electrons. The number of nitro groups is 1. The third kappa shape index (κ3) is 2.65. The first kappa shape index (κ1) is 14.8. The monoisotopic (exact) mass is 293 g/mol. The van der Waals surface area contributed by atoms with E-state index in [0.717, 1.165) is 0 Å². The fourth-order valence-corrected chi connectivity index (χ4v) is 2.31. The smallest absolute Gasteiger partial charge is 0.320 e. The van der Waals surface area contributed by atoms with Gasteiger partial charge in [-0.05, 0) is 12.5 Å². The SMILES string of the molecule is COc1cc([N+](=O)[O-])c2c(CC(N)C(=O)O)c(C)[nH]c2c1. The van der Waals surface area contributed by atoms with Gasteiger partial charge in [0.1, 0.15) is 11.8 Å². The van der Waals surface area contributed by atoms with Crippen molar-refractivity contribution in [2.75, 3.05) is 7.11 Å². The fourth-order valence-electron chi connectivity index (χ4n) is 2.31. The second-order valence-corrected chi connectivity index (χ2v) is 4.70. The highest BCUT2D eigenvalue weighted by Crippen LogP contribution is 2.35. The van der Waals surface area contributed by atoms with Gasteiger partial charge in [0.2, 0.25) is 0 Å². The van der Waals surface area contributed by atoms with Crippen molar-refractivity contribution in [2.45, 2.75) is 19.4 Å². The van der Waals surface area contributed by atoms with Gasteiger partial charge in [0.15, 0.2) is 0 Å². The molecule has 4 N–H and O–H groups in total. The Morgan fingerprint density at radius 1 is 1.57 bits per heavy atom. The highest BCUT2D eigenvalue weighted by molar-refractivity contribution is 5.94. The largest absolute Gasteiger partial charge is 0.496 e. The van der Waals surface area contributed by atoms with Gasteiger partial charge in [-0.3, -0.25) is 14.9 Å². The molecule has 0 bridgehead atoms. The second-order valence-electron chi connectivity index (χ2n) is 4.70. The molecule has 1 aromatic carbocycles. The lowest BCUT2D eigenvalue weighted by atomic mass is 10.0. The van der Waals surface area contributed by atoms with Gasteiger partial charge in [-0.25, -0.2) is 0 Å². The van der Waals surface area contributed by atoms with Gasteiger partial charge in [0.05, 0.1) is 29.0 Å². The van der Waals surface area contributed by atoms with Gasteiger partial charge in [0.25, 0.3) is 5.69 Å². The van der Waals surface area contributed by atoms with E-state index in [2.05, 4.69) is 4.98 Å². The molecule has 1 aromatic heterocycles. The van der Waals surface area contributed by atoms with Crippen LogP contribution in [0.5, 0.6) is 5.75 Å². The number of nitrogens with two attached hydrogens (primary N) is 1. The average Bonchev–Trinajstić information content (AvgIpc) is 2.73. The lowest BCUT2D eigenvalue weighted by molar-refractivity contribution is -0.383. The van der Waals surface area contributed by atoms with Crippen molar-refractivity contribution in [3.05, 3.63) is 33.5 Å². The molecule has 0 amide bonds. The van der Waals surface area contributed by atoms with Crippen molar-refractivity contribution in [1.82, 2.24) is 4.98 Å². The Morgan fingerprint density at radius 3 is 2.76 bits per heavy atom. The van der Waals surface area contributed by atoms with Crippen LogP contribution in [0.25, 0.3) is 10.9 Å². The highest BCUT2D eigenvalue weighted by Gasteiger charge is 2.24. The Balaban J connectivity index is 2.68. The molecule has 0 radical (unpaired) electrons. The van der Waals surface area contributed by atoms with Crippen LogP contribution in [0.15, 0.2) is 12.1 Å². The normalized spacial score (nSPS) is 12.3. The van der Waals surface area contributed by atoms with Crippen LogP contribution in [0.3, 0.4) is 0 Å². The first-order valence-electron chi connectivity index (χ1n) is 6.17. The molecular weight excluding hydrogens is 278 g/mol. The molecule has 1 atom stereocenters. The Kier molecular flexibility index (Phi) is 3.81. The summed E-state index contributed by atoms with van der Waals surface area (Å²) < 4.78 is 5.04. The van der Waals surface area contributed by atoms with E-state index in [1.165, 1.54) is 13.2 Å². The molecule has 1 heterocycles. The van der Waals surface area contributed by atoms with Gasteiger partial charge >= 0.3 is 5.97 Å². The molecule has 0 saturated carbocycles. The van der Waals surface area contributed by atoms with Gasteiger partial charge in [-0.15, -0.1) is 0 Å². The number of nitro benzene ring substituents is 1. The molecule has 2 aromatic rings. The van der Waals surface area contributed by atoms with Gasteiger partial charge in [-0.2, -0.15) is 0 Å². The molecular formula is C13H15N3O5. The molecule has 0 aliphatic rings. The summed E-state index contributed by atoms with van der Waals surface area (Å²) in [6.45, 7) is 1.72. The van der Waals surface area contributed by atoms with E-state index in [4.69, 9.17) is 15.6 Å². The Bertz CT molecular complexity index is 722. The molecule has 8 heteroatoms. The zero-order valence-electron chi connectivity index (χ0n) is 11.5. The number of benzene rings is 1. The summed E-state index contributed by atoms with van der Waals surface area (Å²) >= 11 is 0. The van der Waals surface area contributed by atoms with Crippen LogP contribution in [-0.2, 0) is 11.2 Å². The third-order valence-corrected chi connectivity index (χ3v) is 3.34. The standard InChI is InChI=1S/C13H15N3O5/c1-6-8(5-9(14)13(17)18)12-10(15-6)3-7(21-2)4-11(12)16(19)20/h3-4,9,15H,5,14H2,1-2H3,(H,17,18). The van der Waals surface area contributed by atoms with Crippen molar-refractivity contribution >= 4 is 22.6 Å². The number of fused-ring (bicyclic) bond motifs is 1. The van der Waals surface area contributed by atoms with Crippen molar-refractivity contribution in [3.8, 4) is 5.75 Å². The van der Waals surface area contributed by atoms with Crippen molar-refractivity contribution < 1.29 is 19.6 Å². The molecule has 0 aliphatic heterocycles. The molecule has 1 unspecified atom stereocenters. The predicted octanol–water partition coefficient (Wildman–Crippen LogP) is 1.35. The molecule has 2 rings (SSSR count). The number of H-pyrrole nitrogens is 1. The summed E-state index contributed by atoms with van der Waals surface area (Å²) in [4.78, 5) is 24.6. The van der Waals surface area contributed by atoms with E-state index in [1.54, 1.807) is 13.0 Å². The summed E-state index contributed by atoms with van der Waals surface area (Å²) in [5.74, 6) is -0.801. The minimum atomic E-state index is -1.15. The third-order valence-electron chi connectivity index (χ3n) is 3.34. The lowest BCUT2D eigenvalue weighted by Crippen LogP contribution is -2.32. The number of aliphatic carboxylic acids is 1. The van der Waals surface area contributed by atoms with Crippen molar-refractivity contribution in [2.24, 2.45) is 5.73 Å². The second kappa shape index (κ2) is 5.41. The van der Waals surface area contributed by atoms with Crippen LogP contribution < -0.4 is 10.5 Å². The molecule has 0 spiro atoms. The maximum Gasteiger partial charge on any atom is 0.320 e. The predicted molar refractivity (Wildman–Crippen MR) is 75.6 cm³/mol. The zero-order chi connectivity index (χ0) is 15.7. The molecule has 8 nitrogen and oxygen atoms in total. The van der Waals surface area contributed by atoms with E-state index in [1.807, 2.05) is 0 Å². The van der Waals surface area contributed by atoms with Crippen LogP contribution in [-0.4, -0.2) is 34.1 Å². The minimum absolute atomic E-state index is 0.00827. The number of rotatable bonds is 5. The van der Waals surface area contributed by atoms with E-state index >= 15 is 0 Å². The van der Waals surface area contributed by atoms with E-state index in [-0.39, 0.29) is 12.1 Å². The maximum absolute atomic E-state index is 11.3. The topological polar surface area (TPSA) is 131 Å². The molecule has 0 aliphatic carbocycles. The number of nitrogens with zero attached hydrogens (tertiary/aromatic N) is 1. The number of aromatic amines is 1. The Labute approximate surface area is 119 Å². The van der Waals surface area contributed by atoms with E-state index < -0.39 is 16.9 Å². The fraction of sp³-hybridized carbons (Fsp3) is 0.308.